The first-order valence-electron chi connectivity index (χ1n) is 10.2. The predicted molar refractivity (Wildman–Crippen MR) is 122 cm³/mol. The van der Waals surface area contributed by atoms with Gasteiger partial charge in [0.2, 0.25) is 0 Å². The van der Waals surface area contributed by atoms with Crippen LogP contribution in [0.3, 0.4) is 0 Å². The number of fused-ring (bicyclic) bond motifs is 2. The van der Waals surface area contributed by atoms with Crippen molar-refractivity contribution in [2.75, 3.05) is 0 Å². The van der Waals surface area contributed by atoms with Gasteiger partial charge in [0.1, 0.15) is 4.83 Å². The number of aromatic nitrogens is 2. The van der Waals surface area contributed by atoms with Gasteiger partial charge in [-0.2, -0.15) is 0 Å². The summed E-state index contributed by atoms with van der Waals surface area (Å²) in [5.41, 5.74) is 7.39. The minimum atomic E-state index is -0.163. The number of hydrogen-bond donors (Lipinski definition) is 0. The lowest BCUT2D eigenvalue weighted by Gasteiger charge is -2.08. The molecule has 30 heavy (non-hydrogen) atoms. The van der Waals surface area contributed by atoms with Gasteiger partial charge in [0, 0.05) is 16.5 Å². The minimum absolute atomic E-state index is 0.00275. The van der Waals surface area contributed by atoms with Gasteiger partial charge in [-0.25, -0.2) is 4.98 Å². The number of aryl methyl sites for hydroxylation is 4. The Labute approximate surface area is 178 Å². The topological polar surface area (TPSA) is 52.0 Å². The van der Waals surface area contributed by atoms with Crippen LogP contribution in [0.5, 0.6) is 0 Å². The van der Waals surface area contributed by atoms with Crippen molar-refractivity contribution in [1.82, 2.24) is 9.55 Å². The first kappa shape index (κ1) is 18.9. The highest BCUT2D eigenvalue weighted by molar-refractivity contribution is 7.17. The van der Waals surface area contributed by atoms with Gasteiger partial charge >= 0.3 is 0 Å². The largest absolute Gasteiger partial charge is 0.292 e. The number of hydrogen-bond acceptors (Lipinski definition) is 4. The van der Waals surface area contributed by atoms with Crippen molar-refractivity contribution in [3.8, 4) is 11.1 Å². The Morgan fingerprint density at radius 3 is 2.73 bits per heavy atom. The molecule has 5 heteroatoms. The first-order valence-corrected chi connectivity index (χ1v) is 11.1. The number of Topliss-reactive ketones (excluding diaryl/α,β-unsaturated/α-hetero) is 1. The highest BCUT2D eigenvalue weighted by Gasteiger charge is 2.17. The van der Waals surface area contributed by atoms with Gasteiger partial charge in [-0.1, -0.05) is 30.3 Å². The molecule has 0 aliphatic heterocycles. The van der Waals surface area contributed by atoms with E-state index in [1.807, 2.05) is 23.6 Å². The van der Waals surface area contributed by atoms with E-state index in [-0.39, 0.29) is 17.9 Å². The number of ketones is 1. The third kappa shape index (κ3) is 3.19. The highest BCUT2D eigenvalue weighted by Crippen LogP contribution is 2.31. The number of carbonyl (C=O) groups is 1. The van der Waals surface area contributed by atoms with Crippen LogP contribution in [0.15, 0.2) is 52.9 Å². The molecule has 0 bridgehead atoms. The van der Waals surface area contributed by atoms with Crippen LogP contribution in [-0.2, 0) is 19.4 Å². The van der Waals surface area contributed by atoms with Crippen molar-refractivity contribution >= 4 is 27.3 Å². The summed E-state index contributed by atoms with van der Waals surface area (Å²) in [5, 5.41) is 2.57. The molecule has 4 nitrogen and oxygen atoms in total. The Balaban J connectivity index is 1.52. The molecular weight excluding hydrogens is 392 g/mol. The van der Waals surface area contributed by atoms with Gasteiger partial charge < -0.3 is 0 Å². The predicted octanol–water partition coefficient (Wildman–Crippen LogP) is 5.11. The molecule has 0 N–H and O–H groups in total. The zero-order valence-corrected chi connectivity index (χ0v) is 17.9. The molecule has 0 spiro atoms. The molecular formula is C25H22N2O2S. The van der Waals surface area contributed by atoms with Crippen molar-refractivity contribution in [3.63, 3.8) is 0 Å². The molecule has 1 aliphatic carbocycles. The summed E-state index contributed by atoms with van der Waals surface area (Å²) in [5.74, 6) is -0.0593. The average Bonchev–Trinajstić information content (AvgIpc) is 3.38. The number of carbonyl (C=O) groups excluding carboxylic acids is 1. The molecule has 0 fully saturated rings. The maximum atomic E-state index is 13.3. The van der Waals surface area contributed by atoms with Gasteiger partial charge in [-0.3, -0.25) is 14.2 Å². The average molecular weight is 415 g/mol. The van der Waals surface area contributed by atoms with Crippen LogP contribution < -0.4 is 5.56 Å². The van der Waals surface area contributed by atoms with Crippen LogP contribution >= 0.6 is 11.3 Å². The van der Waals surface area contributed by atoms with E-state index in [4.69, 9.17) is 0 Å². The van der Waals surface area contributed by atoms with E-state index in [0.29, 0.717) is 15.8 Å². The van der Waals surface area contributed by atoms with E-state index in [1.54, 1.807) is 0 Å². The summed E-state index contributed by atoms with van der Waals surface area (Å²) in [6.45, 7) is 4.14. The maximum Gasteiger partial charge on any atom is 0.263 e. The van der Waals surface area contributed by atoms with Gasteiger partial charge in [0.05, 0.1) is 18.3 Å². The Morgan fingerprint density at radius 2 is 1.90 bits per heavy atom. The summed E-state index contributed by atoms with van der Waals surface area (Å²) in [4.78, 5) is 31.3. The zero-order chi connectivity index (χ0) is 20.8. The second kappa shape index (κ2) is 7.33. The highest BCUT2D eigenvalue weighted by atomic mass is 32.1. The first-order chi connectivity index (χ1) is 14.5. The Hall–Kier alpha value is -3.05. The van der Waals surface area contributed by atoms with Gasteiger partial charge in [-0.05, 0) is 67.0 Å². The smallest absolute Gasteiger partial charge is 0.263 e. The van der Waals surface area contributed by atoms with Crippen LogP contribution in [0.2, 0.25) is 0 Å². The Bertz CT molecular complexity index is 1360. The fraction of sp³-hybridized carbons (Fsp3) is 0.240. The summed E-state index contributed by atoms with van der Waals surface area (Å²) in [7, 11) is 0. The van der Waals surface area contributed by atoms with Gasteiger partial charge in [0.25, 0.3) is 5.56 Å². The maximum absolute atomic E-state index is 13.3. The van der Waals surface area contributed by atoms with E-state index in [1.165, 1.54) is 44.5 Å². The molecule has 0 saturated heterocycles. The fourth-order valence-corrected chi connectivity index (χ4v) is 5.10. The number of nitrogens with zero attached hydrogens (tertiary/aromatic N) is 2. The normalized spacial score (nSPS) is 13.0. The second-order valence-electron chi connectivity index (χ2n) is 8.07. The van der Waals surface area contributed by atoms with E-state index < -0.39 is 0 Å². The van der Waals surface area contributed by atoms with Crippen LogP contribution in [0.4, 0.5) is 0 Å². The molecule has 150 valence electrons. The minimum Gasteiger partial charge on any atom is -0.292 e. The monoisotopic (exact) mass is 414 g/mol. The van der Waals surface area contributed by atoms with E-state index in [2.05, 4.69) is 37.0 Å². The zero-order valence-electron chi connectivity index (χ0n) is 17.1. The molecule has 0 amide bonds. The SMILES string of the molecule is Cc1ccc(-c2csc3ncn(CC(=O)c4ccc5c(c4)CCC5)c(=O)c23)cc1C. The molecule has 4 aromatic rings. The van der Waals surface area contributed by atoms with Gasteiger partial charge in [-0.15, -0.1) is 11.3 Å². The molecule has 0 radical (unpaired) electrons. The molecule has 2 aromatic heterocycles. The summed E-state index contributed by atoms with van der Waals surface area (Å²) in [6.07, 6.45) is 4.75. The van der Waals surface area contributed by atoms with Crippen molar-refractivity contribution in [2.45, 2.75) is 39.7 Å². The van der Waals surface area contributed by atoms with Crippen molar-refractivity contribution < 1.29 is 4.79 Å². The fourth-order valence-electron chi connectivity index (χ4n) is 4.19. The lowest BCUT2D eigenvalue weighted by atomic mass is 10.0. The van der Waals surface area contributed by atoms with Crippen molar-refractivity contribution in [2.24, 2.45) is 0 Å². The van der Waals surface area contributed by atoms with Crippen molar-refractivity contribution in [3.05, 3.63) is 86.3 Å². The molecule has 2 aromatic carbocycles. The third-order valence-electron chi connectivity index (χ3n) is 6.11. The number of rotatable bonds is 4. The molecule has 0 unspecified atom stereocenters. The number of benzene rings is 2. The summed E-state index contributed by atoms with van der Waals surface area (Å²) >= 11 is 1.46. The molecule has 0 saturated carbocycles. The van der Waals surface area contributed by atoms with Crippen LogP contribution in [-0.4, -0.2) is 15.3 Å². The standard InChI is InChI=1S/C25H22N2O2S/c1-15-6-7-19(10-16(15)2)21-13-30-24-23(21)25(29)27(14-26-24)12-22(28)20-9-8-17-4-3-5-18(17)11-20/h6-11,13-14H,3-5,12H2,1-2H3. The molecule has 2 heterocycles. The summed E-state index contributed by atoms with van der Waals surface area (Å²) < 4.78 is 1.44. The van der Waals surface area contributed by atoms with Crippen LogP contribution in [0.25, 0.3) is 21.3 Å². The molecule has 0 atom stereocenters. The van der Waals surface area contributed by atoms with Gasteiger partial charge in [0.15, 0.2) is 5.78 Å². The van der Waals surface area contributed by atoms with E-state index in [9.17, 15) is 9.59 Å². The van der Waals surface area contributed by atoms with Crippen molar-refractivity contribution in [1.29, 1.82) is 0 Å². The third-order valence-corrected chi connectivity index (χ3v) is 7.00. The summed E-state index contributed by atoms with van der Waals surface area (Å²) in [6, 6.07) is 12.1. The lowest BCUT2D eigenvalue weighted by Crippen LogP contribution is -2.24. The number of thiophene rings is 1. The van der Waals surface area contributed by atoms with E-state index in [0.717, 1.165) is 30.4 Å². The second-order valence-corrected chi connectivity index (χ2v) is 8.92. The Kier molecular flexibility index (Phi) is 4.63. The quantitative estimate of drug-likeness (QED) is 0.436. The van der Waals surface area contributed by atoms with E-state index >= 15 is 0 Å². The van der Waals surface area contributed by atoms with Crippen LogP contribution in [0.1, 0.15) is 39.0 Å². The Morgan fingerprint density at radius 1 is 1.07 bits per heavy atom. The lowest BCUT2D eigenvalue weighted by molar-refractivity contribution is 0.0970. The molecule has 5 rings (SSSR count). The molecule has 1 aliphatic rings. The van der Waals surface area contributed by atoms with Crippen LogP contribution in [0, 0.1) is 13.8 Å².